The second-order valence-corrected chi connectivity index (χ2v) is 7.08. The maximum Gasteiger partial charge on any atom is 0.145 e. The van der Waals surface area contributed by atoms with Crippen LogP contribution in [0.1, 0.15) is 35.7 Å². The Hall–Kier alpha value is -0.810. The SMILES string of the molecule is CCNc1nc(C2CCCS2)nc2sc(C)cc12. The minimum atomic E-state index is 0.495. The summed E-state index contributed by atoms with van der Waals surface area (Å²) < 4.78 is 0. The van der Waals surface area contributed by atoms with Crippen LogP contribution in [0.4, 0.5) is 5.82 Å². The third-order valence-electron chi connectivity index (χ3n) is 3.10. The van der Waals surface area contributed by atoms with Gasteiger partial charge in [0.2, 0.25) is 0 Å². The van der Waals surface area contributed by atoms with Crippen LogP contribution in [0.2, 0.25) is 0 Å². The van der Waals surface area contributed by atoms with Gasteiger partial charge in [0.15, 0.2) is 0 Å². The van der Waals surface area contributed by atoms with Crippen LogP contribution >= 0.6 is 23.1 Å². The van der Waals surface area contributed by atoms with Crippen LogP contribution in [0.3, 0.4) is 0 Å². The Morgan fingerprint density at radius 1 is 1.44 bits per heavy atom. The molecule has 18 heavy (non-hydrogen) atoms. The second-order valence-electron chi connectivity index (χ2n) is 4.54. The highest BCUT2D eigenvalue weighted by atomic mass is 32.2. The van der Waals surface area contributed by atoms with E-state index >= 15 is 0 Å². The zero-order chi connectivity index (χ0) is 12.5. The normalized spacial score (nSPS) is 19.6. The molecule has 1 aliphatic heterocycles. The molecule has 5 heteroatoms. The predicted octanol–water partition coefficient (Wildman–Crippen LogP) is 4.00. The molecule has 0 bridgehead atoms. The van der Waals surface area contributed by atoms with Crippen molar-refractivity contribution < 1.29 is 0 Å². The van der Waals surface area contributed by atoms with E-state index in [-0.39, 0.29) is 0 Å². The molecule has 1 N–H and O–H groups in total. The molecule has 96 valence electrons. The van der Waals surface area contributed by atoms with Crippen molar-refractivity contribution in [3.05, 3.63) is 16.8 Å². The van der Waals surface area contributed by atoms with E-state index in [4.69, 9.17) is 9.97 Å². The first-order chi connectivity index (χ1) is 8.78. The number of fused-ring (bicyclic) bond motifs is 1. The van der Waals surface area contributed by atoms with Crippen molar-refractivity contribution >= 4 is 39.1 Å². The molecule has 0 aliphatic carbocycles. The average molecular weight is 279 g/mol. The van der Waals surface area contributed by atoms with Gasteiger partial charge in [0.05, 0.1) is 10.6 Å². The third kappa shape index (κ3) is 2.21. The summed E-state index contributed by atoms with van der Waals surface area (Å²) in [6, 6.07) is 2.18. The Morgan fingerprint density at radius 2 is 2.33 bits per heavy atom. The van der Waals surface area contributed by atoms with Crippen molar-refractivity contribution in [1.29, 1.82) is 0 Å². The van der Waals surface area contributed by atoms with E-state index in [1.165, 1.54) is 28.9 Å². The first-order valence-corrected chi connectivity index (χ1v) is 8.28. The van der Waals surface area contributed by atoms with Crippen LogP contribution < -0.4 is 5.32 Å². The summed E-state index contributed by atoms with van der Waals surface area (Å²) >= 11 is 3.75. The maximum absolute atomic E-state index is 4.77. The minimum absolute atomic E-state index is 0.495. The first-order valence-electron chi connectivity index (χ1n) is 6.41. The summed E-state index contributed by atoms with van der Waals surface area (Å²) in [5.74, 6) is 3.27. The predicted molar refractivity (Wildman–Crippen MR) is 80.7 cm³/mol. The lowest BCUT2D eigenvalue weighted by atomic mass is 10.2. The van der Waals surface area contributed by atoms with Gasteiger partial charge < -0.3 is 5.32 Å². The lowest BCUT2D eigenvalue weighted by Crippen LogP contribution is -2.05. The van der Waals surface area contributed by atoms with Gasteiger partial charge in [-0.15, -0.1) is 11.3 Å². The highest BCUT2D eigenvalue weighted by molar-refractivity contribution is 7.99. The molecule has 1 unspecified atom stereocenters. The van der Waals surface area contributed by atoms with Crippen LogP contribution in [0.25, 0.3) is 10.2 Å². The first kappa shape index (κ1) is 12.2. The Balaban J connectivity index is 2.09. The molecule has 1 atom stereocenters. The minimum Gasteiger partial charge on any atom is -0.370 e. The summed E-state index contributed by atoms with van der Waals surface area (Å²) in [5, 5.41) is 5.04. The van der Waals surface area contributed by atoms with Gasteiger partial charge in [-0.3, -0.25) is 0 Å². The average Bonchev–Trinajstić information content (AvgIpc) is 2.96. The van der Waals surface area contributed by atoms with Gasteiger partial charge in [-0.05, 0) is 38.5 Å². The molecule has 3 nitrogen and oxygen atoms in total. The van der Waals surface area contributed by atoms with Crippen molar-refractivity contribution in [2.75, 3.05) is 17.6 Å². The number of nitrogens with zero attached hydrogens (tertiary/aromatic N) is 2. The maximum atomic E-state index is 4.77. The summed E-state index contributed by atoms with van der Waals surface area (Å²) in [4.78, 5) is 11.9. The molecule has 0 saturated carbocycles. The molecule has 0 aromatic carbocycles. The Bertz CT molecular complexity index is 559. The fourth-order valence-electron chi connectivity index (χ4n) is 2.29. The lowest BCUT2D eigenvalue weighted by molar-refractivity contribution is 0.784. The van der Waals surface area contributed by atoms with Crippen molar-refractivity contribution in [2.45, 2.75) is 31.9 Å². The number of aryl methyl sites for hydroxylation is 1. The largest absolute Gasteiger partial charge is 0.370 e. The smallest absolute Gasteiger partial charge is 0.145 e. The number of anilines is 1. The molecule has 0 spiro atoms. The van der Waals surface area contributed by atoms with Crippen LogP contribution in [0.15, 0.2) is 6.07 Å². The van der Waals surface area contributed by atoms with Gasteiger partial charge >= 0.3 is 0 Å². The molecular formula is C13H17N3S2. The van der Waals surface area contributed by atoms with Crippen LogP contribution in [-0.4, -0.2) is 22.3 Å². The second kappa shape index (κ2) is 5.05. The molecule has 0 amide bonds. The van der Waals surface area contributed by atoms with E-state index in [1.54, 1.807) is 11.3 Å². The monoisotopic (exact) mass is 279 g/mol. The number of nitrogens with one attached hydrogen (secondary N) is 1. The number of aromatic nitrogens is 2. The lowest BCUT2D eigenvalue weighted by Gasteiger charge is -2.10. The molecule has 0 radical (unpaired) electrons. The Kier molecular flexibility index (Phi) is 3.43. The van der Waals surface area contributed by atoms with Crippen LogP contribution in [0, 0.1) is 6.92 Å². The number of rotatable bonds is 3. The van der Waals surface area contributed by atoms with Crippen LogP contribution in [0.5, 0.6) is 0 Å². The van der Waals surface area contributed by atoms with E-state index in [0.717, 1.165) is 23.0 Å². The third-order valence-corrected chi connectivity index (χ3v) is 5.41. The van der Waals surface area contributed by atoms with Crippen molar-refractivity contribution in [2.24, 2.45) is 0 Å². The summed E-state index contributed by atoms with van der Waals surface area (Å²) in [7, 11) is 0. The van der Waals surface area contributed by atoms with Gasteiger partial charge in [0.1, 0.15) is 16.5 Å². The highest BCUT2D eigenvalue weighted by Gasteiger charge is 2.22. The standard InChI is InChI=1S/C13H17N3S2/c1-3-14-11-9-7-8(2)18-13(9)16-12(15-11)10-5-4-6-17-10/h7,10H,3-6H2,1-2H3,(H,14,15,16). The molecule has 1 aliphatic rings. The van der Waals surface area contributed by atoms with E-state index in [0.29, 0.717) is 5.25 Å². The molecule has 3 rings (SSSR count). The molecule has 1 saturated heterocycles. The number of thioether (sulfide) groups is 1. The summed E-state index contributed by atoms with van der Waals surface area (Å²) in [6.07, 6.45) is 2.50. The fraction of sp³-hybridized carbons (Fsp3) is 0.538. The van der Waals surface area contributed by atoms with E-state index in [9.17, 15) is 0 Å². The topological polar surface area (TPSA) is 37.8 Å². The van der Waals surface area contributed by atoms with Crippen LogP contribution in [-0.2, 0) is 0 Å². The van der Waals surface area contributed by atoms with Gasteiger partial charge in [0, 0.05) is 11.4 Å². The van der Waals surface area contributed by atoms with Crippen molar-refractivity contribution in [3.63, 3.8) is 0 Å². The molecule has 1 fully saturated rings. The molecular weight excluding hydrogens is 262 g/mol. The molecule has 3 heterocycles. The van der Waals surface area contributed by atoms with Gasteiger partial charge in [-0.1, -0.05) is 0 Å². The summed E-state index contributed by atoms with van der Waals surface area (Å²) in [5.41, 5.74) is 0. The van der Waals surface area contributed by atoms with E-state index < -0.39 is 0 Å². The number of thiophene rings is 1. The van der Waals surface area contributed by atoms with E-state index in [1.807, 2.05) is 11.8 Å². The molecule has 2 aromatic rings. The van der Waals surface area contributed by atoms with Gasteiger partial charge in [-0.25, -0.2) is 9.97 Å². The summed E-state index contributed by atoms with van der Waals surface area (Å²) in [6.45, 7) is 5.14. The Morgan fingerprint density at radius 3 is 3.06 bits per heavy atom. The van der Waals surface area contributed by atoms with Crippen molar-refractivity contribution in [3.8, 4) is 0 Å². The Labute approximate surface area is 115 Å². The quantitative estimate of drug-likeness (QED) is 0.921. The van der Waals surface area contributed by atoms with E-state index in [2.05, 4.69) is 25.2 Å². The number of hydrogen-bond acceptors (Lipinski definition) is 5. The number of hydrogen-bond donors (Lipinski definition) is 1. The van der Waals surface area contributed by atoms with Crippen molar-refractivity contribution in [1.82, 2.24) is 9.97 Å². The van der Waals surface area contributed by atoms with Gasteiger partial charge in [-0.2, -0.15) is 11.8 Å². The zero-order valence-corrected chi connectivity index (χ0v) is 12.3. The fourth-order valence-corrected chi connectivity index (χ4v) is 4.38. The zero-order valence-electron chi connectivity index (χ0n) is 10.7. The molecule has 2 aromatic heterocycles. The van der Waals surface area contributed by atoms with Gasteiger partial charge in [0.25, 0.3) is 0 Å². The highest BCUT2D eigenvalue weighted by Crippen LogP contribution is 2.40.